The summed E-state index contributed by atoms with van der Waals surface area (Å²) in [5.41, 5.74) is 3.42. The molecule has 0 bridgehead atoms. The Balaban J connectivity index is 1.98. The predicted octanol–water partition coefficient (Wildman–Crippen LogP) is 5.74. The number of para-hydroxylation sites is 1. The molecule has 1 atom stereocenters. The number of hydrogen-bond donors (Lipinski definition) is 1. The second-order valence-electron chi connectivity index (χ2n) is 8.12. The highest BCUT2D eigenvalue weighted by Crippen LogP contribution is 2.51. The Kier molecular flexibility index (Phi) is 3.88. The maximum absolute atomic E-state index is 11.3. The minimum atomic E-state index is -0.468. The molecule has 0 radical (unpaired) electrons. The number of nitrogens with zero attached hydrogens (tertiary/aromatic N) is 2. The molecule has 0 saturated carbocycles. The third-order valence-corrected chi connectivity index (χ3v) is 6.49. The van der Waals surface area contributed by atoms with E-state index in [0.717, 1.165) is 22.0 Å². The van der Waals surface area contributed by atoms with Gasteiger partial charge < -0.3 is 5.21 Å². The van der Waals surface area contributed by atoms with Gasteiger partial charge in [0, 0.05) is 22.0 Å². The van der Waals surface area contributed by atoms with Gasteiger partial charge in [-0.15, -0.1) is 0 Å². The van der Waals surface area contributed by atoms with Crippen molar-refractivity contribution in [2.75, 3.05) is 0 Å². The summed E-state index contributed by atoms with van der Waals surface area (Å²) in [7, 11) is 0. The van der Waals surface area contributed by atoms with Crippen LogP contribution in [0, 0.1) is 0 Å². The number of hydrogen-bond acceptors (Lipinski definition) is 3. The minimum absolute atomic E-state index is 0.248. The number of aromatic nitrogens is 1. The molecular weight excluding hydrogens is 344 g/mol. The first-order chi connectivity index (χ1) is 12.2. The van der Waals surface area contributed by atoms with Gasteiger partial charge in [-0.1, -0.05) is 49.7 Å². The van der Waals surface area contributed by atoms with E-state index in [2.05, 4.69) is 44.8 Å². The SMILES string of the molecule is CC1(C)c2ccc(Cl)cc2C(c2cnc3ccccc3c2)N(O)C1(C)C. The van der Waals surface area contributed by atoms with Crippen LogP contribution in [0.1, 0.15) is 50.4 Å². The van der Waals surface area contributed by atoms with Crippen LogP contribution in [0.4, 0.5) is 0 Å². The van der Waals surface area contributed by atoms with Crippen LogP contribution < -0.4 is 0 Å². The molecule has 3 aromatic rings. The number of fused-ring (bicyclic) bond motifs is 2. The van der Waals surface area contributed by atoms with E-state index in [9.17, 15) is 5.21 Å². The van der Waals surface area contributed by atoms with Crippen LogP contribution in [-0.4, -0.2) is 20.8 Å². The fourth-order valence-electron chi connectivity index (χ4n) is 3.96. The smallest absolute Gasteiger partial charge is 0.0874 e. The Morgan fingerprint density at radius 3 is 2.54 bits per heavy atom. The highest BCUT2D eigenvalue weighted by Gasteiger charge is 2.51. The Bertz CT molecular complexity index is 996. The first-order valence-electron chi connectivity index (χ1n) is 8.86. The van der Waals surface area contributed by atoms with Gasteiger partial charge in [-0.25, -0.2) is 0 Å². The summed E-state index contributed by atoms with van der Waals surface area (Å²) in [5, 5.41) is 14.5. The normalized spacial score (nSPS) is 21.5. The Morgan fingerprint density at radius 2 is 1.77 bits per heavy atom. The average molecular weight is 367 g/mol. The fraction of sp³-hybridized carbons (Fsp3) is 0.318. The Labute approximate surface area is 159 Å². The number of benzene rings is 2. The van der Waals surface area contributed by atoms with Crippen LogP contribution in [0.25, 0.3) is 10.9 Å². The van der Waals surface area contributed by atoms with E-state index < -0.39 is 5.54 Å². The molecule has 1 N–H and O–H groups in total. The zero-order chi connectivity index (χ0) is 18.7. The van der Waals surface area contributed by atoms with E-state index in [-0.39, 0.29) is 11.5 Å². The second-order valence-corrected chi connectivity index (χ2v) is 8.56. The first kappa shape index (κ1) is 17.5. The van der Waals surface area contributed by atoms with E-state index in [1.807, 2.05) is 42.6 Å². The van der Waals surface area contributed by atoms with E-state index in [0.29, 0.717) is 5.02 Å². The molecule has 2 aromatic carbocycles. The van der Waals surface area contributed by atoms with Crippen molar-refractivity contribution in [1.82, 2.24) is 10.0 Å². The molecule has 0 amide bonds. The van der Waals surface area contributed by atoms with Crippen molar-refractivity contribution >= 4 is 22.5 Å². The lowest BCUT2D eigenvalue weighted by molar-refractivity contribution is -0.213. The van der Waals surface area contributed by atoms with Crippen LogP contribution in [-0.2, 0) is 5.41 Å². The van der Waals surface area contributed by atoms with Crippen molar-refractivity contribution < 1.29 is 5.21 Å². The summed E-state index contributed by atoms with van der Waals surface area (Å²) in [5.74, 6) is 0. The summed E-state index contributed by atoms with van der Waals surface area (Å²) >= 11 is 6.32. The van der Waals surface area contributed by atoms with Gasteiger partial charge in [-0.05, 0) is 54.8 Å². The monoisotopic (exact) mass is 366 g/mol. The van der Waals surface area contributed by atoms with Gasteiger partial charge in [0.2, 0.25) is 0 Å². The zero-order valence-electron chi connectivity index (χ0n) is 15.5. The van der Waals surface area contributed by atoms with Gasteiger partial charge in [0.05, 0.1) is 17.1 Å². The summed E-state index contributed by atoms with van der Waals surface area (Å²) < 4.78 is 0. The number of hydroxylamine groups is 2. The Hall–Kier alpha value is -1.94. The van der Waals surface area contributed by atoms with Crippen LogP contribution in [0.5, 0.6) is 0 Å². The highest BCUT2D eigenvalue weighted by molar-refractivity contribution is 6.30. The standard InChI is InChI=1S/C22H23ClN2O/c1-21(2)18-10-9-16(23)12-17(18)20(25(26)22(21,3)4)15-11-14-7-5-6-8-19(14)24-13-15/h5-13,20,26H,1-4H3. The molecule has 0 fully saturated rings. The molecule has 4 heteroatoms. The van der Waals surface area contributed by atoms with Crippen molar-refractivity contribution in [1.29, 1.82) is 0 Å². The molecule has 0 spiro atoms. The zero-order valence-corrected chi connectivity index (χ0v) is 16.2. The van der Waals surface area contributed by atoms with Gasteiger partial charge in [-0.2, -0.15) is 5.06 Å². The second kappa shape index (κ2) is 5.78. The molecule has 4 rings (SSSR count). The van der Waals surface area contributed by atoms with Crippen molar-refractivity contribution in [3.63, 3.8) is 0 Å². The van der Waals surface area contributed by atoms with Gasteiger partial charge in [0.1, 0.15) is 0 Å². The van der Waals surface area contributed by atoms with Crippen molar-refractivity contribution in [3.8, 4) is 0 Å². The van der Waals surface area contributed by atoms with Gasteiger partial charge in [0.15, 0.2) is 0 Å². The van der Waals surface area contributed by atoms with Crippen molar-refractivity contribution in [2.24, 2.45) is 0 Å². The average Bonchev–Trinajstić information content (AvgIpc) is 2.60. The van der Waals surface area contributed by atoms with Gasteiger partial charge in [0.25, 0.3) is 0 Å². The van der Waals surface area contributed by atoms with Gasteiger partial charge >= 0.3 is 0 Å². The topological polar surface area (TPSA) is 36.4 Å². The number of rotatable bonds is 1. The van der Waals surface area contributed by atoms with Crippen LogP contribution in [0.3, 0.4) is 0 Å². The van der Waals surface area contributed by atoms with Crippen LogP contribution >= 0.6 is 11.6 Å². The van der Waals surface area contributed by atoms with E-state index in [4.69, 9.17) is 11.6 Å². The van der Waals surface area contributed by atoms with Crippen molar-refractivity contribution in [2.45, 2.75) is 44.7 Å². The molecule has 3 nitrogen and oxygen atoms in total. The molecule has 0 aliphatic carbocycles. The molecule has 1 aliphatic heterocycles. The number of halogens is 1. The summed E-state index contributed by atoms with van der Waals surface area (Å²) in [4.78, 5) is 4.60. The third kappa shape index (κ3) is 2.38. The molecule has 1 aromatic heterocycles. The predicted molar refractivity (Wildman–Crippen MR) is 106 cm³/mol. The Morgan fingerprint density at radius 1 is 1.04 bits per heavy atom. The van der Waals surface area contributed by atoms with E-state index >= 15 is 0 Å². The first-order valence-corrected chi connectivity index (χ1v) is 9.24. The molecule has 2 heterocycles. The van der Waals surface area contributed by atoms with Crippen molar-refractivity contribution in [3.05, 3.63) is 76.4 Å². The molecule has 1 aliphatic rings. The van der Waals surface area contributed by atoms with Crippen LogP contribution in [0.15, 0.2) is 54.7 Å². The molecule has 0 saturated heterocycles. The van der Waals surface area contributed by atoms with E-state index in [1.54, 1.807) is 0 Å². The summed E-state index contributed by atoms with van der Waals surface area (Å²) in [6.45, 7) is 8.48. The van der Waals surface area contributed by atoms with Gasteiger partial charge in [-0.3, -0.25) is 4.98 Å². The number of pyridine rings is 1. The lowest BCUT2D eigenvalue weighted by Crippen LogP contribution is -2.59. The van der Waals surface area contributed by atoms with E-state index in [1.165, 1.54) is 10.6 Å². The lowest BCUT2D eigenvalue weighted by Gasteiger charge is -2.54. The minimum Gasteiger partial charge on any atom is -0.313 e. The fourth-order valence-corrected chi connectivity index (χ4v) is 4.14. The molecule has 1 unspecified atom stereocenters. The maximum atomic E-state index is 11.3. The maximum Gasteiger partial charge on any atom is 0.0874 e. The summed E-state index contributed by atoms with van der Waals surface area (Å²) in [6.07, 6.45) is 1.86. The third-order valence-electron chi connectivity index (χ3n) is 6.26. The largest absolute Gasteiger partial charge is 0.313 e. The highest BCUT2D eigenvalue weighted by atomic mass is 35.5. The van der Waals surface area contributed by atoms with Crippen LogP contribution in [0.2, 0.25) is 5.02 Å². The molecule has 26 heavy (non-hydrogen) atoms. The summed E-state index contributed by atoms with van der Waals surface area (Å²) in [6, 6.07) is 15.8. The molecular formula is C22H23ClN2O. The lowest BCUT2D eigenvalue weighted by atomic mass is 9.63. The molecule has 134 valence electrons. The quantitative estimate of drug-likeness (QED) is 0.596.